The standard InChI is InChI=1S/C8H6Br3NO/c9-8(10,11)7(13)12-6-4-2-1-3-5-6/h1-5H,(H,12,13). The normalized spacial score (nSPS) is 11.0. The molecule has 0 bridgehead atoms. The second-order valence-electron chi connectivity index (χ2n) is 2.32. The van der Waals surface area contributed by atoms with E-state index in [1.165, 1.54) is 0 Å². The molecule has 0 unspecified atom stereocenters. The van der Waals surface area contributed by atoms with E-state index < -0.39 is 2.14 Å². The van der Waals surface area contributed by atoms with Crippen LogP contribution in [0.4, 0.5) is 5.69 Å². The molecular formula is C8H6Br3NO. The lowest BCUT2D eigenvalue weighted by atomic mass is 10.3. The molecule has 70 valence electrons. The van der Waals surface area contributed by atoms with E-state index in [9.17, 15) is 4.79 Å². The van der Waals surface area contributed by atoms with Crippen LogP contribution in [0, 0.1) is 0 Å². The van der Waals surface area contributed by atoms with Gasteiger partial charge in [-0.1, -0.05) is 18.2 Å². The van der Waals surface area contributed by atoms with E-state index in [2.05, 4.69) is 53.1 Å². The Morgan fingerprint density at radius 1 is 1.15 bits per heavy atom. The van der Waals surface area contributed by atoms with Crippen LogP contribution in [-0.2, 0) is 4.79 Å². The highest BCUT2D eigenvalue weighted by Crippen LogP contribution is 2.34. The fourth-order valence-electron chi connectivity index (χ4n) is 0.723. The number of hydrogen-bond acceptors (Lipinski definition) is 1. The molecular weight excluding hydrogens is 366 g/mol. The van der Waals surface area contributed by atoms with Crippen LogP contribution in [0.1, 0.15) is 0 Å². The van der Waals surface area contributed by atoms with Gasteiger partial charge in [0.15, 0.2) is 0 Å². The van der Waals surface area contributed by atoms with Crippen molar-refractivity contribution in [3.8, 4) is 0 Å². The predicted octanol–water partition coefficient (Wildman–Crippen LogP) is 3.46. The summed E-state index contributed by atoms with van der Waals surface area (Å²) in [6.45, 7) is 0. The highest BCUT2D eigenvalue weighted by molar-refractivity contribution is 9.40. The molecule has 0 aliphatic carbocycles. The predicted molar refractivity (Wildman–Crippen MR) is 64.6 cm³/mol. The molecule has 1 aromatic carbocycles. The Hall–Kier alpha value is 0.130. The van der Waals surface area contributed by atoms with E-state index in [1.54, 1.807) is 0 Å². The first kappa shape index (κ1) is 11.2. The van der Waals surface area contributed by atoms with E-state index in [-0.39, 0.29) is 5.91 Å². The fraction of sp³-hybridized carbons (Fsp3) is 0.125. The maximum atomic E-state index is 11.4. The Labute approximate surface area is 101 Å². The van der Waals surface area contributed by atoms with E-state index >= 15 is 0 Å². The Morgan fingerprint density at radius 3 is 2.15 bits per heavy atom. The van der Waals surface area contributed by atoms with Gasteiger partial charge >= 0.3 is 0 Å². The molecule has 5 heteroatoms. The summed E-state index contributed by atoms with van der Waals surface area (Å²) in [5, 5.41) is 2.70. The Kier molecular flexibility index (Phi) is 3.94. The molecule has 0 radical (unpaired) electrons. The molecule has 2 nitrogen and oxygen atoms in total. The smallest absolute Gasteiger partial charge is 0.263 e. The molecule has 0 saturated heterocycles. The van der Waals surface area contributed by atoms with Gasteiger partial charge in [0.1, 0.15) is 0 Å². The van der Waals surface area contributed by atoms with E-state index in [4.69, 9.17) is 0 Å². The minimum Gasteiger partial charge on any atom is -0.323 e. The number of nitrogens with one attached hydrogen (secondary N) is 1. The molecule has 0 spiro atoms. The minimum absolute atomic E-state index is 0.210. The van der Waals surface area contributed by atoms with Crippen LogP contribution in [-0.4, -0.2) is 8.05 Å². The van der Waals surface area contributed by atoms with Crippen molar-refractivity contribution < 1.29 is 4.79 Å². The monoisotopic (exact) mass is 369 g/mol. The zero-order valence-electron chi connectivity index (χ0n) is 6.43. The van der Waals surface area contributed by atoms with Gasteiger partial charge < -0.3 is 5.32 Å². The van der Waals surface area contributed by atoms with Crippen LogP contribution < -0.4 is 5.32 Å². The third-order valence-corrected chi connectivity index (χ3v) is 2.37. The SMILES string of the molecule is O=C(Nc1ccccc1)C(Br)(Br)Br. The maximum Gasteiger partial charge on any atom is 0.263 e. The van der Waals surface area contributed by atoms with Gasteiger partial charge in [-0.05, 0) is 59.9 Å². The first-order valence-corrected chi connectivity index (χ1v) is 5.81. The molecule has 0 aliphatic rings. The van der Waals surface area contributed by atoms with Crippen molar-refractivity contribution in [1.82, 2.24) is 0 Å². The summed E-state index contributed by atoms with van der Waals surface area (Å²) in [7, 11) is 0. The van der Waals surface area contributed by atoms with Crippen LogP contribution in [0.3, 0.4) is 0 Å². The van der Waals surface area contributed by atoms with Gasteiger partial charge in [-0.15, -0.1) is 0 Å². The molecule has 0 atom stereocenters. The molecule has 1 amide bonds. The second-order valence-corrected chi connectivity index (χ2v) is 9.08. The Morgan fingerprint density at radius 2 is 1.69 bits per heavy atom. The van der Waals surface area contributed by atoms with Crippen LogP contribution in [0.2, 0.25) is 0 Å². The number of carbonyl (C=O) groups excluding carboxylic acids is 1. The number of benzene rings is 1. The van der Waals surface area contributed by atoms with Crippen LogP contribution in [0.15, 0.2) is 30.3 Å². The van der Waals surface area contributed by atoms with Gasteiger partial charge in [0.2, 0.25) is 2.14 Å². The van der Waals surface area contributed by atoms with Crippen LogP contribution in [0.25, 0.3) is 0 Å². The molecule has 0 saturated carbocycles. The van der Waals surface area contributed by atoms with Crippen molar-refractivity contribution in [2.45, 2.75) is 2.14 Å². The lowest BCUT2D eigenvalue weighted by Gasteiger charge is -2.11. The van der Waals surface area contributed by atoms with Crippen molar-refractivity contribution in [3.05, 3.63) is 30.3 Å². The highest BCUT2D eigenvalue weighted by atomic mass is 80.0. The molecule has 13 heavy (non-hydrogen) atoms. The molecule has 0 aromatic heterocycles. The number of anilines is 1. The van der Waals surface area contributed by atoms with Crippen molar-refractivity contribution in [2.24, 2.45) is 0 Å². The van der Waals surface area contributed by atoms with E-state index in [1.807, 2.05) is 30.3 Å². The number of hydrogen-bond donors (Lipinski definition) is 1. The summed E-state index contributed by atoms with van der Waals surface area (Å²) in [6, 6.07) is 9.23. The highest BCUT2D eigenvalue weighted by Gasteiger charge is 2.28. The number of carbonyl (C=O) groups is 1. The summed E-state index contributed by atoms with van der Waals surface area (Å²) in [5.41, 5.74) is 0.759. The zero-order valence-corrected chi connectivity index (χ0v) is 11.2. The number of rotatable bonds is 1. The first-order chi connectivity index (χ1) is 6.00. The summed E-state index contributed by atoms with van der Waals surface area (Å²) in [4.78, 5) is 11.4. The van der Waals surface area contributed by atoms with Gasteiger partial charge in [0.25, 0.3) is 5.91 Å². The van der Waals surface area contributed by atoms with Gasteiger partial charge in [0.05, 0.1) is 0 Å². The first-order valence-electron chi connectivity index (χ1n) is 3.43. The summed E-state index contributed by atoms with van der Waals surface area (Å²) in [5.74, 6) is -0.210. The molecule has 1 aromatic rings. The second kappa shape index (κ2) is 4.57. The topological polar surface area (TPSA) is 29.1 Å². The van der Waals surface area contributed by atoms with Gasteiger partial charge in [-0.2, -0.15) is 0 Å². The third-order valence-electron chi connectivity index (χ3n) is 1.29. The van der Waals surface area contributed by atoms with Gasteiger partial charge in [0, 0.05) is 5.69 Å². The maximum absolute atomic E-state index is 11.4. The summed E-state index contributed by atoms with van der Waals surface area (Å²) in [6.07, 6.45) is 0. The molecule has 0 aliphatic heterocycles. The fourth-order valence-corrected chi connectivity index (χ4v) is 1.02. The third kappa shape index (κ3) is 3.79. The molecule has 1 rings (SSSR count). The lowest BCUT2D eigenvalue weighted by molar-refractivity contribution is -0.114. The number of para-hydroxylation sites is 1. The zero-order chi connectivity index (χ0) is 9.90. The molecule has 0 heterocycles. The number of halogens is 3. The van der Waals surface area contributed by atoms with Crippen molar-refractivity contribution >= 4 is 59.4 Å². The average Bonchev–Trinajstić information content (AvgIpc) is 2.04. The summed E-state index contributed by atoms with van der Waals surface area (Å²) < 4.78 is -0.900. The van der Waals surface area contributed by atoms with Crippen molar-refractivity contribution in [1.29, 1.82) is 0 Å². The van der Waals surface area contributed by atoms with E-state index in [0.29, 0.717) is 0 Å². The van der Waals surface area contributed by atoms with E-state index in [0.717, 1.165) is 5.69 Å². The van der Waals surface area contributed by atoms with Crippen molar-refractivity contribution in [2.75, 3.05) is 5.32 Å². The minimum atomic E-state index is -0.900. The van der Waals surface area contributed by atoms with Gasteiger partial charge in [-0.3, -0.25) is 4.79 Å². The lowest BCUT2D eigenvalue weighted by Crippen LogP contribution is -2.25. The quantitative estimate of drug-likeness (QED) is 0.752. The number of amides is 1. The Bertz CT molecular complexity index is 294. The van der Waals surface area contributed by atoms with Crippen LogP contribution in [0.5, 0.6) is 0 Å². The van der Waals surface area contributed by atoms with Crippen LogP contribution >= 0.6 is 47.8 Å². The van der Waals surface area contributed by atoms with Gasteiger partial charge in [-0.25, -0.2) is 0 Å². The largest absolute Gasteiger partial charge is 0.323 e. The summed E-state index contributed by atoms with van der Waals surface area (Å²) >= 11 is 9.37. The molecule has 0 fully saturated rings. The Balaban J connectivity index is 2.66. The van der Waals surface area contributed by atoms with Crippen molar-refractivity contribution in [3.63, 3.8) is 0 Å². The molecule has 1 N–H and O–H groups in total. The average molecular weight is 372 g/mol. The number of alkyl halides is 3.